The third-order valence-corrected chi connectivity index (χ3v) is 3.90. The molecular formula is C16H21F2N3O2. The van der Waals surface area contributed by atoms with Crippen LogP contribution in [0, 0.1) is 11.6 Å². The maximum atomic E-state index is 14.0. The van der Waals surface area contributed by atoms with Gasteiger partial charge in [-0.3, -0.25) is 9.59 Å². The van der Waals surface area contributed by atoms with Crippen molar-refractivity contribution in [3.05, 3.63) is 35.4 Å². The molecule has 0 bridgehead atoms. The van der Waals surface area contributed by atoms with Gasteiger partial charge in [-0.25, -0.2) is 8.78 Å². The number of halogens is 2. The zero-order valence-electron chi connectivity index (χ0n) is 13.0. The maximum Gasteiger partial charge on any atom is 0.225 e. The highest BCUT2D eigenvalue weighted by atomic mass is 19.1. The van der Waals surface area contributed by atoms with E-state index in [1.807, 2.05) is 0 Å². The van der Waals surface area contributed by atoms with Gasteiger partial charge in [-0.2, -0.15) is 0 Å². The molecule has 1 aliphatic rings. The maximum absolute atomic E-state index is 14.0. The van der Waals surface area contributed by atoms with Crippen molar-refractivity contribution in [2.75, 3.05) is 13.1 Å². The number of nitrogens with zero attached hydrogens (tertiary/aromatic N) is 1. The number of likely N-dealkylation sites (tertiary alicyclic amines) is 1. The summed E-state index contributed by atoms with van der Waals surface area (Å²) in [6.07, 6.45) is 1.60. The van der Waals surface area contributed by atoms with Gasteiger partial charge in [0.2, 0.25) is 11.8 Å². The number of hydrogen-bond acceptors (Lipinski definition) is 3. The molecule has 3 N–H and O–H groups in total. The van der Waals surface area contributed by atoms with Gasteiger partial charge in [0, 0.05) is 37.7 Å². The summed E-state index contributed by atoms with van der Waals surface area (Å²) in [6, 6.07) is 2.20. The Morgan fingerprint density at radius 1 is 1.43 bits per heavy atom. The van der Waals surface area contributed by atoms with Crippen molar-refractivity contribution in [2.24, 2.45) is 5.73 Å². The van der Waals surface area contributed by atoms with E-state index in [0.29, 0.717) is 13.1 Å². The minimum atomic E-state index is -0.834. The van der Waals surface area contributed by atoms with E-state index < -0.39 is 17.7 Å². The summed E-state index contributed by atoms with van der Waals surface area (Å²) in [7, 11) is 0. The molecule has 2 amide bonds. The molecule has 1 aromatic carbocycles. The van der Waals surface area contributed by atoms with Crippen LogP contribution in [-0.4, -0.2) is 35.8 Å². The first-order valence-corrected chi connectivity index (χ1v) is 7.62. The van der Waals surface area contributed by atoms with Crippen LogP contribution < -0.4 is 11.1 Å². The third-order valence-electron chi connectivity index (χ3n) is 3.90. The van der Waals surface area contributed by atoms with Crippen LogP contribution in [0.25, 0.3) is 0 Å². The molecule has 0 aliphatic carbocycles. The number of amides is 2. The fourth-order valence-corrected chi connectivity index (χ4v) is 2.81. The lowest BCUT2D eigenvalue weighted by Gasteiger charge is -2.32. The number of nitrogens with two attached hydrogens (primary N) is 1. The van der Waals surface area contributed by atoms with E-state index in [1.165, 1.54) is 13.0 Å². The minimum Gasteiger partial charge on any atom is -0.349 e. The zero-order valence-corrected chi connectivity index (χ0v) is 13.0. The first-order chi connectivity index (χ1) is 10.9. The lowest BCUT2D eigenvalue weighted by molar-refractivity contribution is -0.133. The van der Waals surface area contributed by atoms with E-state index in [9.17, 15) is 18.4 Å². The molecule has 126 valence electrons. The summed E-state index contributed by atoms with van der Waals surface area (Å²) >= 11 is 0. The van der Waals surface area contributed by atoms with E-state index in [2.05, 4.69) is 5.32 Å². The predicted molar refractivity (Wildman–Crippen MR) is 81.3 cm³/mol. The smallest absolute Gasteiger partial charge is 0.225 e. The molecule has 0 radical (unpaired) electrons. The van der Waals surface area contributed by atoms with Crippen molar-refractivity contribution in [2.45, 2.75) is 38.3 Å². The molecule has 5 nitrogen and oxygen atoms in total. The van der Waals surface area contributed by atoms with Crippen LogP contribution in [0.4, 0.5) is 8.78 Å². The molecule has 23 heavy (non-hydrogen) atoms. The summed E-state index contributed by atoms with van der Waals surface area (Å²) in [5.41, 5.74) is 5.95. The monoisotopic (exact) mass is 325 g/mol. The summed E-state index contributed by atoms with van der Waals surface area (Å²) < 4.78 is 27.0. The quantitative estimate of drug-likeness (QED) is 0.880. The number of carbonyl (C=O) groups excluding carboxylic acids is 2. The van der Waals surface area contributed by atoms with Gasteiger partial charge in [0.05, 0.1) is 12.5 Å². The summed E-state index contributed by atoms with van der Waals surface area (Å²) in [6.45, 7) is 2.35. The second-order valence-electron chi connectivity index (χ2n) is 5.87. The van der Waals surface area contributed by atoms with Crippen LogP contribution in [0.2, 0.25) is 0 Å². The van der Waals surface area contributed by atoms with E-state index in [1.54, 1.807) is 4.90 Å². The molecule has 1 aromatic rings. The molecule has 0 unspecified atom stereocenters. The average Bonchev–Trinajstić information content (AvgIpc) is 2.46. The van der Waals surface area contributed by atoms with E-state index in [0.717, 1.165) is 25.0 Å². The molecule has 0 spiro atoms. The summed E-state index contributed by atoms with van der Waals surface area (Å²) in [5, 5.41) is 2.56. The van der Waals surface area contributed by atoms with Gasteiger partial charge in [-0.15, -0.1) is 0 Å². The Hall–Kier alpha value is -2.02. The highest BCUT2D eigenvalue weighted by Gasteiger charge is 2.26. The SMILES string of the molecule is CC(=O)N[C@H](CC(=O)N1CCC[C@@H](N)C1)c1ccc(F)cc1F. The van der Waals surface area contributed by atoms with Crippen LogP contribution in [-0.2, 0) is 9.59 Å². The van der Waals surface area contributed by atoms with Crippen molar-refractivity contribution in [3.63, 3.8) is 0 Å². The Balaban J connectivity index is 2.15. The van der Waals surface area contributed by atoms with Crippen LogP contribution in [0.5, 0.6) is 0 Å². The van der Waals surface area contributed by atoms with Crippen molar-refractivity contribution in [1.82, 2.24) is 10.2 Å². The highest BCUT2D eigenvalue weighted by Crippen LogP contribution is 2.23. The van der Waals surface area contributed by atoms with Gasteiger partial charge in [0.25, 0.3) is 0 Å². The highest BCUT2D eigenvalue weighted by molar-refractivity contribution is 5.79. The molecule has 0 saturated carbocycles. The Morgan fingerprint density at radius 3 is 2.78 bits per heavy atom. The van der Waals surface area contributed by atoms with Crippen LogP contribution in [0.3, 0.4) is 0 Å². The molecule has 1 heterocycles. The number of piperidine rings is 1. The number of rotatable bonds is 4. The van der Waals surface area contributed by atoms with E-state index in [-0.39, 0.29) is 29.8 Å². The van der Waals surface area contributed by atoms with Crippen LogP contribution >= 0.6 is 0 Å². The Kier molecular flexibility index (Phi) is 5.65. The number of carbonyl (C=O) groups is 2. The fourth-order valence-electron chi connectivity index (χ4n) is 2.81. The third kappa shape index (κ3) is 4.72. The molecule has 1 aliphatic heterocycles. The molecule has 2 rings (SSSR count). The first kappa shape index (κ1) is 17.3. The van der Waals surface area contributed by atoms with Gasteiger partial charge in [0.1, 0.15) is 11.6 Å². The zero-order chi connectivity index (χ0) is 17.0. The largest absolute Gasteiger partial charge is 0.349 e. The summed E-state index contributed by atoms with van der Waals surface area (Å²) in [4.78, 5) is 25.4. The Bertz CT molecular complexity index is 595. The second-order valence-corrected chi connectivity index (χ2v) is 5.87. The van der Waals surface area contributed by atoms with Gasteiger partial charge in [-0.1, -0.05) is 6.07 Å². The van der Waals surface area contributed by atoms with Crippen LogP contribution in [0.1, 0.15) is 37.8 Å². The molecule has 1 saturated heterocycles. The van der Waals surface area contributed by atoms with Gasteiger partial charge in [-0.05, 0) is 18.9 Å². The fraction of sp³-hybridized carbons (Fsp3) is 0.500. The lowest BCUT2D eigenvalue weighted by atomic mass is 10.0. The van der Waals surface area contributed by atoms with Gasteiger partial charge < -0.3 is 16.0 Å². The van der Waals surface area contributed by atoms with E-state index in [4.69, 9.17) is 5.73 Å². The van der Waals surface area contributed by atoms with Crippen molar-refractivity contribution >= 4 is 11.8 Å². The summed E-state index contributed by atoms with van der Waals surface area (Å²) in [5.74, 6) is -2.09. The Labute approximate surface area is 133 Å². The molecule has 2 atom stereocenters. The Morgan fingerprint density at radius 2 is 2.17 bits per heavy atom. The molecular weight excluding hydrogens is 304 g/mol. The van der Waals surface area contributed by atoms with Crippen molar-refractivity contribution in [3.8, 4) is 0 Å². The topological polar surface area (TPSA) is 75.4 Å². The normalized spacial score (nSPS) is 19.3. The number of benzene rings is 1. The standard InChI is InChI=1S/C16H21F2N3O2/c1-10(22)20-15(13-5-4-11(17)7-14(13)18)8-16(23)21-6-2-3-12(19)9-21/h4-5,7,12,15H,2-3,6,8-9,19H2,1H3,(H,20,22)/t12-,15-/m1/s1. The van der Waals surface area contributed by atoms with Gasteiger partial charge in [0.15, 0.2) is 0 Å². The van der Waals surface area contributed by atoms with Crippen molar-refractivity contribution in [1.29, 1.82) is 0 Å². The van der Waals surface area contributed by atoms with Gasteiger partial charge >= 0.3 is 0 Å². The number of nitrogens with one attached hydrogen (secondary N) is 1. The molecule has 0 aromatic heterocycles. The first-order valence-electron chi connectivity index (χ1n) is 7.62. The average molecular weight is 325 g/mol. The minimum absolute atomic E-state index is 0.0607. The van der Waals surface area contributed by atoms with Crippen molar-refractivity contribution < 1.29 is 18.4 Å². The van der Waals surface area contributed by atoms with Crippen LogP contribution in [0.15, 0.2) is 18.2 Å². The van der Waals surface area contributed by atoms with E-state index >= 15 is 0 Å². The molecule has 1 fully saturated rings. The lowest BCUT2D eigenvalue weighted by Crippen LogP contribution is -2.46. The molecule has 7 heteroatoms. The number of hydrogen-bond donors (Lipinski definition) is 2. The predicted octanol–water partition coefficient (Wildman–Crippen LogP) is 1.48. The second kappa shape index (κ2) is 7.50.